The number of hydrogen-bond donors (Lipinski definition) is 0. The first-order valence-corrected chi connectivity index (χ1v) is 16.0. The van der Waals surface area contributed by atoms with Gasteiger partial charge >= 0.3 is 0 Å². The zero-order valence-corrected chi connectivity index (χ0v) is 23.7. The van der Waals surface area contributed by atoms with Crippen molar-refractivity contribution in [2.24, 2.45) is 5.41 Å². The number of ether oxygens (including phenoxy) is 1. The van der Waals surface area contributed by atoms with E-state index in [0.29, 0.717) is 42.8 Å². The Balaban J connectivity index is 1.08. The topological polar surface area (TPSA) is 107 Å². The van der Waals surface area contributed by atoms with Gasteiger partial charge in [0, 0.05) is 55.6 Å². The van der Waals surface area contributed by atoms with Crippen molar-refractivity contribution in [2.75, 3.05) is 50.0 Å². The molecule has 1 saturated carbocycles. The molecule has 40 heavy (non-hydrogen) atoms. The van der Waals surface area contributed by atoms with Gasteiger partial charge in [0.05, 0.1) is 29.2 Å². The minimum atomic E-state index is -3.18. The Morgan fingerprint density at radius 2 is 2.00 bits per heavy atom. The van der Waals surface area contributed by atoms with Crippen LogP contribution in [0, 0.1) is 16.7 Å². The Kier molecular flexibility index (Phi) is 6.25. The van der Waals surface area contributed by atoms with E-state index in [1.165, 1.54) is 25.8 Å². The molecule has 2 atom stereocenters. The fraction of sp³-hybridized carbons (Fsp3) is 0.552. The van der Waals surface area contributed by atoms with Crippen LogP contribution in [0.4, 0.5) is 5.82 Å². The Bertz CT molecular complexity index is 1560. The average Bonchev–Trinajstić information content (AvgIpc) is 3.38. The van der Waals surface area contributed by atoms with Crippen LogP contribution in [-0.4, -0.2) is 89.4 Å². The lowest BCUT2D eigenvalue weighted by Crippen LogP contribution is -2.70. The van der Waals surface area contributed by atoms with E-state index in [1.54, 1.807) is 15.0 Å². The first-order chi connectivity index (χ1) is 19.4. The monoisotopic (exact) mass is 561 g/mol. The maximum atomic E-state index is 12.6. The molecule has 4 saturated heterocycles. The Labute approximate surface area is 235 Å². The van der Waals surface area contributed by atoms with E-state index in [2.05, 4.69) is 21.0 Å². The number of nitriles is 1. The first-order valence-electron chi connectivity index (χ1n) is 14.4. The Morgan fingerprint density at radius 1 is 1.18 bits per heavy atom. The van der Waals surface area contributed by atoms with Crippen molar-refractivity contribution >= 4 is 21.4 Å². The molecular formula is C29H35N7O3S. The van der Waals surface area contributed by atoms with Crippen LogP contribution < -0.4 is 9.64 Å². The molecule has 210 valence electrons. The number of pyridine rings is 2. The molecule has 11 heteroatoms. The number of fused-ring (bicyclic) bond motifs is 3. The van der Waals surface area contributed by atoms with Gasteiger partial charge < -0.3 is 9.64 Å². The smallest absolute Gasteiger partial charge is 0.214 e. The summed E-state index contributed by atoms with van der Waals surface area (Å²) in [5, 5.41) is 14.1. The number of hydrogen-bond acceptors (Lipinski definition) is 8. The quantitative estimate of drug-likeness (QED) is 0.392. The molecule has 5 aliphatic rings. The van der Waals surface area contributed by atoms with Crippen molar-refractivity contribution in [2.45, 2.75) is 51.1 Å². The third-order valence-electron chi connectivity index (χ3n) is 9.15. The third-order valence-corrected chi connectivity index (χ3v) is 11.3. The molecule has 0 aromatic carbocycles. The summed E-state index contributed by atoms with van der Waals surface area (Å²) in [6.07, 6.45) is 10.9. The normalized spacial score (nSPS) is 23.9. The maximum Gasteiger partial charge on any atom is 0.214 e. The fourth-order valence-corrected chi connectivity index (χ4v) is 8.83. The summed E-state index contributed by atoms with van der Waals surface area (Å²) in [6.45, 7) is 7.06. The lowest BCUT2D eigenvalue weighted by atomic mass is 9.91. The molecule has 2 bridgehead atoms. The number of likely N-dealkylation sites (tertiary alicyclic amines) is 1. The van der Waals surface area contributed by atoms with Crippen LogP contribution in [0.15, 0.2) is 36.8 Å². The van der Waals surface area contributed by atoms with Crippen molar-refractivity contribution in [1.29, 1.82) is 5.26 Å². The zero-order valence-electron chi connectivity index (χ0n) is 22.9. The zero-order chi connectivity index (χ0) is 27.5. The molecule has 0 N–H and O–H groups in total. The van der Waals surface area contributed by atoms with E-state index in [9.17, 15) is 13.7 Å². The predicted octanol–water partition coefficient (Wildman–Crippen LogP) is 3.14. The van der Waals surface area contributed by atoms with Crippen LogP contribution in [0.2, 0.25) is 0 Å². The van der Waals surface area contributed by atoms with Crippen LogP contribution in [0.3, 0.4) is 0 Å². The molecule has 3 aromatic heterocycles. The van der Waals surface area contributed by atoms with E-state index in [0.717, 1.165) is 42.0 Å². The van der Waals surface area contributed by atoms with Crippen molar-refractivity contribution in [1.82, 2.24) is 23.8 Å². The standard InChI is InChI=1S/C29H35N7O3S/c1-2-11-40(37,38)36-23-12-24(36)18-34(17-23)27-4-3-21(15-31-27)26-13-25(19-35-28(26)22(14-30)16-32-35)39-10-9-33-8-7-29(20-33)5-6-29/h3-4,13,15-16,19,23-24H,2,5-12,17-18,20H2,1H3. The number of piperidine rings is 1. The molecule has 1 aliphatic carbocycles. The summed E-state index contributed by atoms with van der Waals surface area (Å²) in [5.74, 6) is 1.76. The van der Waals surface area contributed by atoms with Crippen molar-refractivity contribution < 1.29 is 13.2 Å². The minimum absolute atomic E-state index is 0.0191. The first kappa shape index (κ1) is 25.7. The number of nitrogens with zero attached hydrogens (tertiary/aromatic N) is 7. The van der Waals surface area contributed by atoms with Gasteiger partial charge in [-0.25, -0.2) is 17.9 Å². The van der Waals surface area contributed by atoms with E-state index < -0.39 is 10.0 Å². The Hall–Kier alpha value is -3.20. The van der Waals surface area contributed by atoms with Gasteiger partial charge in [0.25, 0.3) is 0 Å². The third kappa shape index (κ3) is 4.52. The summed E-state index contributed by atoms with van der Waals surface area (Å²) in [4.78, 5) is 9.45. The highest BCUT2D eigenvalue weighted by Crippen LogP contribution is 2.52. The minimum Gasteiger partial charge on any atom is -0.491 e. The van der Waals surface area contributed by atoms with Crippen LogP contribution in [-0.2, 0) is 10.0 Å². The molecule has 0 radical (unpaired) electrons. The van der Waals surface area contributed by atoms with Gasteiger partial charge in [-0.15, -0.1) is 0 Å². The molecule has 7 heterocycles. The van der Waals surface area contributed by atoms with Gasteiger partial charge in [0.2, 0.25) is 10.0 Å². The van der Waals surface area contributed by atoms with Crippen LogP contribution >= 0.6 is 0 Å². The molecule has 0 amide bonds. The number of aromatic nitrogens is 3. The predicted molar refractivity (Wildman–Crippen MR) is 152 cm³/mol. The van der Waals surface area contributed by atoms with Crippen molar-refractivity contribution in [3.63, 3.8) is 0 Å². The second-order valence-electron chi connectivity index (χ2n) is 11.9. The number of piperazine rings is 1. The van der Waals surface area contributed by atoms with E-state index in [-0.39, 0.29) is 17.8 Å². The number of rotatable bonds is 9. The SMILES string of the molecule is CCCS(=O)(=O)N1C2CC1CN(c1ccc(-c3cc(OCCN4CCC5(CC5)C4)cn4ncc(C#N)c34)cn1)C2. The van der Waals surface area contributed by atoms with Gasteiger partial charge in [-0.2, -0.15) is 14.7 Å². The van der Waals surface area contributed by atoms with E-state index in [1.807, 2.05) is 37.5 Å². The van der Waals surface area contributed by atoms with Crippen molar-refractivity contribution in [3.05, 3.63) is 42.4 Å². The van der Waals surface area contributed by atoms with Gasteiger partial charge in [-0.3, -0.25) is 4.90 Å². The lowest BCUT2D eigenvalue weighted by Gasteiger charge is -2.55. The van der Waals surface area contributed by atoms with E-state index >= 15 is 0 Å². The van der Waals surface area contributed by atoms with Gasteiger partial charge in [0.15, 0.2) is 0 Å². The number of sulfonamides is 1. The molecule has 10 nitrogen and oxygen atoms in total. The molecular weight excluding hydrogens is 526 g/mol. The average molecular weight is 562 g/mol. The van der Waals surface area contributed by atoms with Gasteiger partial charge in [-0.05, 0) is 62.3 Å². The Morgan fingerprint density at radius 3 is 2.67 bits per heavy atom. The number of anilines is 1. The molecule has 8 rings (SSSR count). The summed E-state index contributed by atoms with van der Waals surface area (Å²) in [6, 6.07) is 8.28. The van der Waals surface area contributed by atoms with Gasteiger partial charge in [-0.1, -0.05) is 6.92 Å². The van der Waals surface area contributed by atoms with E-state index in [4.69, 9.17) is 9.72 Å². The molecule has 4 aliphatic heterocycles. The molecule has 3 aromatic rings. The lowest BCUT2D eigenvalue weighted by molar-refractivity contribution is 0.0875. The summed E-state index contributed by atoms with van der Waals surface area (Å²) in [7, 11) is -3.18. The summed E-state index contributed by atoms with van der Waals surface area (Å²) in [5.41, 5.74) is 3.56. The highest BCUT2D eigenvalue weighted by molar-refractivity contribution is 7.89. The summed E-state index contributed by atoms with van der Waals surface area (Å²) >= 11 is 0. The molecule has 1 spiro atoms. The van der Waals surface area contributed by atoms with Crippen LogP contribution in [0.1, 0.15) is 44.6 Å². The molecule has 2 unspecified atom stereocenters. The summed E-state index contributed by atoms with van der Waals surface area (Å²) < 4.78 is 34.9. The van der Waals surface area contributed by atoms with Crippen LogP contribution in [0.25, 0.3) is 16.6 Å². The van der Waals surface area contributed by atoms with Crippen LogP contribution in [0.5, 0.6) is 5.75 Å². The fourth-order valence-electron chi connectivity index (χ4n) is 6.89. The highest BCUT2D eigenvalue weighted by Gasteiger charge is 2.50. The highest BCUT2D eigenvalue weighted by atomic mass is 32.2. The largest absolute Gasteiger partial charge is 0.491 e. The van der Waals surface area contributed by atoms with Gasteiger partial charge in [0.1, 0.15) is 24.2 Å². The second-order valence-corrected chi connectivity index (χ2v) is 13.9. The molecule has 5 fully saturated rings. The maximum absolute atomic E-state index is 12.6. The van der Waals surface area contributed by atoms with Crippen molar-refractivity contribution in [3.8, 4) is 22.9 Å². The second kappa shape index (κ2) is 9.72.